The lowest BCUT2D eigenvalue weighted by Gasteiger charge is -2.14. The van der Waals surface area contributed by atoms with Crippen LogP contribution in [0.5, 0.6) is 0 Å². The van der Waals surface area contributed by atoms with Gasteiger partial charge in [-0.2, -0.15) is 11.1 Å². The van der Waals surface area contributed by atoms with Crippen LogP contribution in [0.1, 0.15) is 5.56 Å². The molecule has 12 heavy (non-hydrogen) atoms. The molecule has 0 saturated heterocycles. The van der Waals surface area contributed by atoms with Crippen LogP contribution in [0.4, 0.5) is 0 Å². The Hall–Kier alpha value is -0.533. The Morgan fingerprint density at radius 2 is 1.83 bits per heavy atom. The summed E-state index contributed by atoms with van der Waals surface area (Å²) >= 11 is 6.32. The number of hydrogen-bond donors (Lipinski definition) is 0. The Labute approximate surface area is 79.6 Å². The number of halogens is 1. The number of benzene rings is 1. The molecular weight excluding hydrogens is 184 g/mol. The summed E-state index contributed by atoms with van der Waals surface area (Å²) in [6, 6.07) is 8.37. The van der Waals surface area contributed by atoms with Crippen LogP contribution in [0.2, 0.25) is 6.55 Å². The molecule has 0 aliphatic carbocycles. The van der Waals surface area contributed by atoms with Crippen LogP contribution in [-0.4, -0.2) is 7.38 Å². The molecule has 0 nitrogen and oxygen atoms in total. The molecule has 0 amide bonds. The van der Waals surface area contributed by atoms with E-state index in [0.717, 1.165) is 0 Å². The monoisotopic (exact) mass is 196 g/mol. The molecule has 0 spiro atoms. The predicted octanol–water partition coefficient (Wildman–Crippen LogP) is 2.74. The van der Waals surface area contributed by atoms with Gasteiger partial charge in [0.15, 0.2) is 0 Å². The second-order valence-electron chi connectivity index (χ2n) is 3.15. The zero-order chi connectivity index (χ0) is 9.19. The van der Waals surface area contributed by atoms with E-state index in [0.29, 0.717) is 0 Å². The average molecular weight is 197 g/mol. The highest BCUT2D eigenvalue weighted by Gasteiger charge is 2.21. The largest absolute Gasteiger partial charge is 0.206 e. The summed E-state index contributed by atoms with van der Waals surface area (Å²) in [7, 11) is -1.84. The van der Waals surface area contributed by atoms with Gasteiger partial charge in [0.1, 0.15) is 0 Å². The fourth-order valence-corrected chi connectivity index (χ4v) is 2.43. The van der Waals surface area contributed by atoms with Gasteiger partial charge in [-0.25, -0.2) is 0 Å². The number of aryl methyl sites for hydroxylation is 1. The molecule has 0 radical (unpaired) electrons. The van der Waals surface area contributed by atoms with E-state index in [-0.39, 0.29) is 0 Å². The Kier molecular flexibility index (Phi) is 2.75. The van der Waals surface area contributed by atoms with E-state index in [9.17, 15) is 0 Å². The zero-order valence-corrected chi connectivity index (χ0v) is 9.23. The zero-order valence-electron chi connectivity index (χ0n) is 7.47. The third kappa shape index (κ3) is 1.99. The molecule has 0 N–H and O–H groups in total. The van der Waals surface area contributed by atoms with Crippen molar-refractivity contribution in [2.45, 2.75) is 13.5 Å². The maximum absolute atomic E-state index is 6.32. The SMILES string of the molecule is C=C[Si](C)(Cl)c1ccc(C)cc1. The molecule has 0 aromatic heterocycles. The summed E-state index contributed by atoms with van der Waals surface area (Å²) in [5.74, 6) is 0. The molecule has 0 saturated carbocycles. The molecule has 1 unspecified atom stereocenters. The maximum atomic E-state index is 6.32. The Morgan fingerprint density at radius 1 is 1.33 bits per heavy atom. The summed E-state index contributed by atoms with van der Waals surface area (Å²) < 4.78 is 0. The van der Waals surface area contributed by atoms with Gasteiger partial charge in [-0.3, -0.25) is 0 Å². The average Bonchev–Trinajstić information content (AvgIpc) is 2.05. The third-order valence-corrected chi connectivity index (χ3v) is 5.35. The number of rotatable bonds is 2. The van der Waals surface area contributed by atoms with Crippen molar-refractivity contribution < 1.29 is 0 Å². The van der Waals surface area contributed by atoms with Gasteiger partial charge in [0.25, 0.3) is 0 Å². The van der Waals surface area contributed by atoms with Gasteiger partial charge in [0.2, 0.25) is 7.38 Å². The summed E-state index contributed by atoms with van der Waals surface area (Å²) in [4.78, 5) is 0. The van der Waals surface area contributed by atoms with E-state index in [1.165, 1.54) is 10.8 Å². The molecule has 64 valence electrons. The van der Waals surface area contributed by atoms with Crippen molar-refractivity contribution in [3.05, 3.63) is 42.1 Å². The van der Waals surface area contributed by atoms with Gasteiger partial charge in [0, 0.05) is 0 Å². The topological polar surface area (TPSA) is 0 Å². The van der Waals surface area contributed by atoms with E-state index in [1.807, 2.05) is 5.70 Å². The van der Waals surface area contributed by atoms with Gasteiger partial charge in [-0.15, -0.1) is 6.58 Å². The van der Waals surface area contributed by atoms with Crippen molar-refractivity contribution in [1.29, 1.82) is 0 Å². The molecule has 0 fully saturated rings. The van der Waals surface area contributed by atoms with E-state index in [2.05, 4.69) is 44.3 Å². The van der Waals surface area contributed by atoms with Gasteiger partial charge >= 0.3 is 0 Å². The smallest absolute Gasteiger partial charge is 0.156 e. The molecule has 2 heteroatoms. The minimum atomic E-state index is -1.84. The van der Waals surface area contributed by atoms with Gasteiger partial charge in [-0.05, 0) is 18.7 Å². The Balaban J connectivity index is 3.04. The molecule has 0 aliphatic heterocycles. The first-order valence-corrected chi connectivity index (χ1v) is 7.55. The van der Waals surface area contributed by atoms with Crippen LogP contribution in [-0.2, 0) is 0 Å². The van der Waals surface area contributed by atoms with Crippen LogP contribution < -0.4 is 5.19 Å². The highest BCUT2D eigenvalue weighted by Crippen LogP contribution is 2.10. The quantitative estimate of drug-likeness (QED) is 0.504. The Morgan fingerprint density at radius 3 is 2.25 bits per heavy atom. The molecule has 1 aromatic carbocycles. The normalized spacial score (nSPS) is 15.2. The molecule has 1 rings (SSSR count). The van der Waals surface area contributed by atoms with E-state index in [1.54, 1.807) is 0 Å². The standard InChI is InChI=1S/C10H13ClSi/c1-4-12(3,11)10-7-5-9(2)6-8-10/h4-8H,1H2,2-3H3. The van der Waals surface area contributed by atoms with Crippen molar-refractivity contribution >= 4 is 23.6 Å². The van der Waals surface area contributed by atoms with Crippen molar-refractivity contribution in [3.8, 4) is 0 Å². The summed E-state index contributed by atoms with van der Waals surface area (Å²) in [6.45, 7) is 7.91. The lowest BCUT2D eigenvalue weighted by molar-refractivity contribution is 1.49. The van der Waals surface area contributed by atoms with Crippen molar-refractivity contribution in [3.63, 3.8) is 0 Å². The van der Waals surface area contributed by atoms with Crippen molar-refractivity contribution in [1.82, 2.24) is 0 Å². The van der Waals surface area contributed by atoms with Gasteiger partial charge in [-0.1, -0.05) is 35.5 Å². The van der Waals surface area contributed by atoms with E-state index >= 15 is 0 Å². The highest BCUT2D eigenvalue weighted by atomic mass is 35.6. The summed E-state index contributed by atoms with van der Waals surface area (Å²) in [5.41, 5.74) is 3.16. The summed E-state index contributed by atoms with van der Waals surface area (Å²) in [6.07, 6.45) is 0. The van der Waals surface area contributed by atoms with Crippen LogP contribution in [0.15, 0.2) is 36.5 Å². The van der Waals surface area contributed by atoms with Crippen LogP contribution >= 0.6 is 11.1 Å². The first-order valence-electron chi connectivity index (χ1n) is 3.96. The van der Waals surface area contributed by atoms with Crippen LogP contribution in [0.25, 0.3) is 0 Å². The molecule has 0 heterocycles. The molecule has 1 atom stereocenters. The minimum absolute atomic E-state index is 1.23. The first-order chi connectivity index (χ1) is 5.56. The second-order valence-corrected chi connectivity index (χ2v) is 8.64. The lowest BCUT2D eigenvalue weighted by atomic mass is 10.2. The third-order valence-electron chi connectivity index (χ3n) is 2.00. The predicted molar refractivity (Wildman–Crippen MR) is 58.5 cm³/mol. The maximum Gasteiger partial charge on any atom is 0.206 e. The van der Waals surface area contributed by atoms with Crippen LogP contribution in [0.3, 0.4) is 0 Å². The second kappa shape index (κ2) is 3.46. The molecule has 1 aromatic rings. The Bertz CT molecular complexity index is 274. The lowest BCUT2D eigenvalue weighted by Crippen LogP contribution is -2.36. The molecule has 0 aliphatic rings. The summed E-state index contributed by atoms with van der Waals surface area (Å²) in [5, 5.41) is 1.23. The highest BCUT2D eigenvalue weighted by molar-refractivity contribution is 7.29. The van der Waals surface area contributed by atoms with E-state index < -0.39 is 7.38 Å². The van der Waals surface area contributed by atoms with Crippen LogP contribution in [0, 0.1) is 6.92 Å². The fourth-order valence-electron chi connectivity index (χ4n) is 0.997. The van der Waals surface area contributed by atoms with Gasteiger partial charge in [0.05, 0.1) is 0 Å². The van der Waals surface area contributed by atoms with Crippen molar-refractivity contribution in [2.75, 3.05) is 0 Å². The fraction of sp³-hybridized carbons (Fsp3) is 0.200. The van der Waals surface area contributed by atoms with Crippen molar-refractivity contribution in [2.24, 2.45) is 0 Å². The minimum Gasteiger partial charge on any atom is -0.156 e. The molecular formula is C10H13ClSi. The van der Waals surface area contributed by atoms with E-state index in [4.69, 9.17) is 11.1 Å². The molecule has 0 bridgehead atoms. The van der Waals surface area contributed by atoms with Gasteiger partial charge < -0.3 is 0 Å². The number of hydrogen-bond acceptors (Lipinski definition) is 0. The first kappa shape index (κ1) is 9.55.